The van der Waals surface area contributed by atoms with Gasteiger partial charge in [-0.1, -0.05) is 29.3 Å². The molecule has 7 heteroatoms. The summed E-state index contributed by atoms with van der Waals surface area (Å²) in [7, 11) is 0. The molecule has 7 nitrogen and oxygen atoms in total. The number of carbonyl (C=O) groups is 2. The van der Waals surface area contributed by atoms with E-state index >= 15 is 0 Å². The Morgan fingerprint density at radius 1 is 1.04 bits per heavy atom. The van der Waals surface area contributed by atoms with Crippen LogP contribution in [0.4, 0.5) is 0 Å². The van der Waals surface area contributed by atoms with Gasteiger partial charge in [-0.05, 0) is 25.8 Å². The van der Waals surface area contributed by atoms with Crippen LogP contribution in [0.2, 0.25) is 0 Å². The number of amides is 2. The van der Waals surface area contributed by atoms with Crippen molar-refractivity contribution in [2.75, 3.05) is 26.2 Å². The smallest absolute Gasteiger partial charge is 0.291 e. The van der Waals surface area contributed by atoms with Crippen LogP contribution in [-0.4, -0.2) is 63.0 Å². The molecule has 0 atom stereocenters. The minimum absolute atomic E-state index is 0.144. The molecule has 2 aromatic rings. The number of piperazine rings is 1. The van der Waals surface area contributed by atoms with Crippen molar-refractivity contribution in [2.45, 2.75) is 26.7 Å². The lowest BCUT2D eigenvalue weighted by atomic mass is 10.0. The van der Waals surface area contributed by atoms with Crippen LogP contribution < -0.4 is 0 Å². The minimum Gasteiger partial charge on any atom is -0.339 e. The number of nitrogens with zero attached hydrogens (tertiary/aromatic N) is 4. The topological polar surface area (TPSA) is 82.2 Å². The average molecular weight is 341 g/mol. The van der Waals surface area contributed by atoms with Crippen molar-refractivity contribution in [3.8, 4) is 0 Å². The Morgan fingerprint density at radius 3 is 2.28 bits per heavy atom. The number of hydrogen-bond acceptors (Lipinski definition) is 4. The number of benzene rings is 1. The van der Waals surface area contributed by atoms with Gasteiger partial charge in [0.25, 0.3) is 5.91 Å². The first kappa shape index (κ1) is 17.1. The van der Waals surface area contributed by atoms with Gasteiger partial charge in [-0.3, -0.25) is 14.7 Å². The fraction of sp³-hybridized carbons (Fsp3) is 0.444. The van der Waals surface area contributed by atoms with Crippen molar-refractivity contribution in [3.05, 3.63) is 47.0 Å². The highest BCUT2D eigenvalue weighted by Gasteiger charge is 2.25. The van der Waals surface area contributed by atoms with Crippen LogP contribution in [0.5, 0.6) is 0 Å². The zero-order valence-corrected chi connectivity index (χ0v) is 14.7. The summed E-state index contributed by atoms with van der Waals surface area (Å²) < 4.78 is 0. The van der Waals surface area contributed by atoms with Gasteiger partial charge in [0.15, 0.2) is 0 Å². The first-order chi connectivity index (χ1) is 12.0. The lowest BCUT2D eigenvalue weighted by molar-refractivity contribution is -0.132. The summed E-state index contributed by atoms with van der Waals surface area (Å²) in [5, 5.41) is 6.28. The maximum absolute atomic E-state index is 12.4. The van der Waals surface area contributed by atoms with Gasteiger partial charge in [-0.15, -0.1) is 0 Å². The number of carbonyl (C=O) groups excluding carboxylic acids is 2. The SMILES string of the molecule is Cc1cc(C)cc(CCC(=O)N2CCN(C(=O)c3ncn[nH]3)CC2)c1. The fourth-order valence-corrected chi connectivity index (χ4v) is 3.24. The molecular weight excluding hydrogens is 318 g/mol. The molecule has 132 valence electrons. The third-order valence-corrected chi connectivity index (χ3v) is 4.45. The van der Waals surface area contributed by atoms with Crippen LogP contribution in [0.1, 0.15) is 33.7 Å². The van der Waals surface area contributed by atoms with Crippen molar-refractivity contribution in [1.29, 1.82) is 0 Å². The van der Waals surface area contributed by atoms with Gasteiger partial charge in [0, 0.05) is 32.6 Å². The van der Waals surface area contributed by atoms with Gasteiger partial charge in [-0.25, -0.2) is 4.98 Å². The number of aryl methyl sites for hydroxylation is 3. The van der Waals surface area contributed by atoms with Gasteiger partial charge in [0.2, 0.25) is 11.7 Å². The first-order valence-corrected chi connectivity index (χ1v) is 8.52. The lowest BCUT2D eigenvalue weighted by Crippen LogP contribution is -2.50. The van der Waals surface area contributed by atoms with Crippen LogP contribution in [0.15, 0.2) is 24.5 Å². The standard InChI is InChI=1S/C18H23N5O2/c1-13-9-14(2)11-15(10-13)3-4-16(24)22-5-7-23(8-6-22)18(25)17-19-12-20-21-17/h9-12H,3-8H2,1-2H3,(H,19,20,21). The Kier molecular flexibility index (Phi) is 5.11. The molecule has 0 unspecified atom stereocenters. The maximum atomic E-state index is 12.4. The summed E-state index contributed by atoms with van der Waals surface area (Å²) in [4.78, 5) is 32.1. The monoisotopic (exact) mass is 341 g/mol. The van der Waals surface area contributed by atoms with Crippen molar-refractivity contribution in [3.63, 3.8) is 0 Å². The normalized spacial score (nSPS) is 14.6. The fourth-order valence-electron chi connectivity index (χ4n) is 3.24. The van der Waals surface area contributed by atoms with E-state index in [9.17, 15) is 9.59 Å². The van der Waals surface area contributed by atoms with Gasteiger partial charge in [0.05, 0.1) is 0 Å². The second kappa shape index (κ2) is 7.46. The van der Waals surface area contributed by atoms with Crippen LogP contribution in [0.25, 0.3) is 0 Å². The van der Waals surface area contributed by atoms with E-state index in [-0.39, 0.29) is 17.6 Å². The molecule has 3 rings (SSSR count). The number of nitrogens with one attached hydrogen (secondary N) is 1. The highest BCUT2D eigenvalue weighted by atomic mass is 16.2. The Labute approximate surface area is 147 Å². The average Bonchev–Trinajstić information content (AvgIpc) is 3.13. The van der Waals surface area contributed by atoms with Gasteiger partial charge >= 0.3 is 0 Å². The van der Waals surface area contributed by atoms with Crippen molar-refractivity contribution in [1.82, 2.24) is 25.0 Å². The van der Waals surface area contributed by atoms with E-state index in [0.29, 0.717) is 32.6 Å². The Morgan fingerprint density at radius 2 is 1.68 bits per heavy atom. The van der Waals surface area contributed by atoms with E-state index < -0.39 is 0 Å². The molecule has 2 heterocycles. The molecule has 0 radical (unpaired) electrons. The highest BCUT2D eigenvalue weighted by molar-refractivity contribution is 5.90. The molecule has 0 aliphatic carbocycles. The molecule has 1 fully saturated rings. The predicted molar refractivity (Wildman–Crippen MR) is 93.1 cm³/mol. The molecule has 0 saturated carbocycles. The number of rotatable bonds is 4. The second-order valence-corrected chi connectivity index (χ2v) is 6.50. The van der Waals surface area contributed by atoms with Gasteiger partial charge in [-0.2, -0.15) is 5.10 Å². The zero-order chi connectivity index (χ0) is 17.8. The number of H-pyrrole nitrogens is 1. The molecule has 1 N–H and O–H groups in total. The predicted octanol–water partition coefficient (Wildman–Crippen LogP) is 1.34. The van der Waals surface area contributed by atoms with E-state index in [0.717, 1.165) is 6.42 Å². The lowest BCUT2D eigenvalue weighted by Gasteiger charge is -2.34. The molecule has 1 saturated heterocycles. The Bertz CT molecular complexity index is 729. The van der Waals surface area contributed by atoms with Crippen LogP contribution >= 0.6 is 0 Å². The minimum atomic E-state index is -0.167. The van der Waals surface area contributed by atoms with E-state index in [2.05, 4.69) is 47.2 Å². The molecule has 1 aromatic heterocycles. The molecule has 1 aliphatic heterocycles. The van der Waals surface area contributed by atoms with Crippen molar-refractivity contribution in [2.24, 2.45) is 0 Å². The van der Waals surface area contributed by atoms with Gasteiger partial charge < -0.3 is 9.80 Å². The summed E-state index contributed by atoms with van der Waals surface area (Å²) in [5.74, 6) is 0.223. The molecular formula is C18H23N5O2. The molecule has 1 aliphatic rings. The van der Waals surface area contributed by atoms with Crippen LogP contribution in [0, 0.1) is 13.8 Å². The molecule has 1 aromatic carbocycles. The largest absolute Gasteiger partial charge is 0.339 e. The summed E-state index contributed by atoms with van der Waals surface area (Å²) >= 11 is 0. The van der Waals surface area contributed by atoms with Crippen LogP contribution in [0.3, 0.4) is 0 Å². The summed E-state index contributed by atoms with van der Waals surface area (Å²) in [5.41, 5.74) is 3.65. The highest BCUT2D eigenvalue weighted by Crippen LogP contribution is 2.13. The van der Waals surface area contributed by atoms with Crippen molar-refractivity contribution < 1.29 is 9.59 Å². The summed E-state index contributed by atoms with van der Waals surface area (Å²) in [6.07, 6.45) is 2.57. The zero-order valence-electron chi connectivity index (χ0n) is 14.7. The van der Waals surface area contributed by atoms with E-state index in [1.54, 1.807) is 4.90 Å². The number of hydrogen-bond donors (Lipinski definition) is 1. The Hall–Kier alpha value is -2.70. The third kappa shape index (κ3) is 4.23. The molecule has 0 spiro atoms. The van der Waals surface area contributed by atoms with E-state index in [1.165, 1.54) is 23.0 Å². The van der Waals surface area contributed by atoms with E-state index in [4.69, 9.17) is 0 Å². The van der Waals surface area contributed by atoms with Crippen molar-refractivity contribution >= 4 is 11.8 Å². The Balaban J connectivity index is 1.49. The first-order valence-electron chi connectivity index (χ1n) is 8.52. The van der Waals surface area contributed by atoms with Gasteiger partial charge in [0.1, 0.15) is 6.33 Å². The molecule has 0 bridgehead atoms. The number of aromatic amines is 1. The summed E-state index contributed by atoms with van der Waals surface area (Å²) in [6.45, 7) is 6.31. The second-order valence-electron chi connectivity index (χ2n) is 6.50. The quantitative estimate of drug-likeness (QED) is 0.910. The van der Waals surface area contributed by atoms with Crippen LogP contribution in [-0.2, 0) is 11.2 Å². The third-order valence-electron chi connectivity index (χ3n) is 4.45. The number of aromatic nitrogens is 3. The summed E-state index contributed by atoms with van der Waals surface area (Å²) in [6, 6.07) is 6.40. The van der Waals surface area contributed by atoms with E-state index in [1.807, 2.05) is 4.90 Å². The molecule has 2 amide bonds. The maximum Gasteiger partial charge on any atom is 0.291 e. The molecule has 25 heavy (non-hydrogen) atoms.